The number of aliphatic hydroxyl groups is 1. The molecule has 1 aliphatic heterocycles. The first-order valence-electron chi connectivity index (χ1n) is 5.02. The van der Waals surface area contributed by atoms with Gasteiger partial charge in [0.15, 0.2) is 0 Å². The quantitative estimate of drug-likeness (QED) is 0.467. The minimum Gasteiger partial charge on any atom is -0.480 e. The molecule has 1 aliphatic rings. The molecule has 0 aromatic heterocycles. The van der Waals surface area contributed by atoms with Gasteiger partial charge in [0.25, 0.3) is 0 Å². The van der Waals surface area contributed by atoms with Crippen molar-refractivity contribution in [2.24, 2.45) is 0 Å². The number of carboxylic acid groups (broad SMARTS) is 1. The zero-order valence-corrected chi connectivity index (χ0v) is 8.40. The Hall–Kier alpha value is -1.14. The summed E-state index contributed by atoms with van der Waals surface area (Å²) in [5.41, 5.74) is 0. The first kappa shape index (κ1) is 11.9. The van der Waals surface area contributed by atoms with E-state index in [0.29, 0.717) is 6.42 Å². The molecule has 0 spiro atoms. The summed E-state index contributed by atoms with van der Waals surface area (Å²) in [6, 6.07) is -1.53. The Labute approximate surface area is 87.7 Å². The van der Waals surface area contributed by atoms with Crippen LogP contribution in [0.1, 0.15) is 19.3 Å². The van der Waals surface area contributed by atoms with Crippen molar-refractivity contribution in [3.8, 4) is 0 Å². The summed E-state index contributed by atoms with van der Waals surface area (Å²) in [7, 11) is 0. The lowest BCUT2D eigenvalue weighted by atomic mass is 10.0. The van der Waals surface area contributed by atoms with Crippen LogP contribution in [0.5, 0.6) is 0 Å². The van der Waals surface area contributed by atoms with E-state index >= 15 is 0 Å². The minimum absolute atomic E-state index is 0.327. The second kappa shape index (κ2) is 5.67. The van der Waals surface area contributed by atoms with Crippen LogP contribution >= 0.6 is 0 Å². The third kappa shape index (κ3) is 3.49. The zero-order chi connectivity index (χ0) is 11.3. The number of piperidine rings is 1. The summed E-state index contributed by atoms with van der Waals surface area (Å²) in [6.45, 7) is 0.183. The number of hydrogen-bond acceptors (Lipinski definition) is 4. The second-order valence-electron chi connectivity index (χ2n) is 3.58. The number of nitrogens with one attached hydrogen (secondary N) is 2. The van der Waals surface area contributed by atoms with Crippen LogP contribution in [-0.4, -0.2) is 47.3 Å². The lowest BCUT2D eigenvalue weighted by Gasteiger charge is -2.23. The van der Waals surface area contributed by atoms with Crippen LogP contribution in [0.4, 0.5) is 0 Å². The number of carboxylic acids is 1. The maximum Gasteiger partial charge on any atom is 0.328 e. The molecule has 86 valence electrons. The molecule has 2 atom stereocenters. The fourth-order valence-electron chi connectivity index (χ4n) is 1.53. The largest absolute Gasteiger partial charge is 0.480 e. The van der Waals surface area contributed by atoms with Crippen molar-refractivity contribution in [2.75, 3.05) is 13.2 Å². The minimum atomic E-state index is -1.22. The van der Waals surface area contributed by atoms with E-state index in [9.17, 15) is 9.59 Å². The number of carbonyl (C=O) groups is 2. The highest BCUT2D eigenvalue weighted by Crippen LogP contribution is 2.06. The molecule has 0 aromatic carbocycles. The number of aliphatic carboxylic acids is 1. The highest BCUT2D eigenvalue weighted by atomic mass is 16.4. The molecule has 1 fully saturated rings. The summed E-state index contributed by atoms with van der Waals surface area (Å²) in [5.74, 6) is -1.57. The van der Waals surface area contributed by atoms with Gasteiger partial charge < -0.3 is 20.8 Å². The van der Waals surface area contributed by atoms with Crippen molar-refractivity contribution in [2.45, 2.75) is 31.3 Å². The smallest absolute Gasteiger partial charge is 0.328 e. The van der Waals surface area contributed by atoms with Crippen molar-refractivity contribution in [1.82, 2.24) is 10.6 Å². The van der Waals surface area contributed by atoms with E-state index < -0.39 is 18.6 Å². The average Bonchev–Trinajstić information content (AvgIpc) is 2.26. The third-order valence-electron chi connectivity index (χ3n) is 2.42. The molecule has 0 radical (unpaired) electrons. The van der Waals surface area contributed by atoms with Gasteiger partial charge in [-0.3, -0.25) is 4.79 Å². The van der Waals surface area contributed by atoms with Crippen LogP contribution in [0.15, 0.2) is 0 Å². The molecular formula is C9H16N2O4. The maximum atomic E-state index is 11.5. The maximum absolute atomic E-state index is 11.5. The molecule has 4 N–H and O–H groups in total. The van der Waals surface area contributed by atoms with Gasteiger partial charge in [0.1, 0.15) is 6.04 Å². The predicted octanol–water partition coefficient (Wildman–Crippen LogP) is -1.31. The summed E-state index contributed by atoms with van der Waals surface area (Å²) in [5, 5.41) is 22.6. The summed E-state index contributed by atoms with van der Waals surface area (Å²) in [4.78, 5) is 22.1. The predicted molar refractivity (Wildman–Crippen MR) is 52.3 cm³/mol. The van der Waals surface area contributed by atoms with Gasteiger partial charge in [-0.25, -0.2) is 4.79 Å². The molecule has 1 heterocycles. The van der Waals surface area contributed by atoms with Crippen LogP contribution in [0.25, 0.3) is 0 Å². The topological polar surface area (TPSA) is 98.7 Å². The van der Waals surface area contributed by atoms with Gasteiger partial charge in [0.2, 0.25) is 5.91 Å². The number of rotatable bonds is 4. The summed E-state index contributed by atoms with van der Waals surface area (Å²) < 4.78 is 0. The van der Waals surface area contributed by atoms with Gasteiger partial charge in [0.05, 0.1) is 12.6 Å². The van der Waals surface area contributed by atoms with Crippen LogP contribution in [0.3, 0.4) is 0 Å². The Balaban J connectivity index is 2.42. The van der Waals surface area contributed by atoms with Gasteiger partial charge in [0, 0.05) is 0 Å². The molecule has 0 aliphatic carbocycles. The lowest BCUT2D eigenvalue weighted by Crippen LogP contribution is -2.52. The number of carbonyl (C=O) groups excluding carboxylic acids is 1. The Kier molecular flexibility index (Phi) is 4.51. The van der Waals surface area contributed by atoms with Crippen LogP contribution < -0.4 is 10.6 Å². The molecule has 1 rings (SSSR count). The van der Waals surface area contributed by atoms with Crippen LogP contribution in [-0.2, 0) is 9.59 Å². The van der Waals surface area contributed by atoms with E-state index in [1.807, 2.05) is 0 Å². The summed E-state index contributed by atoms with van der Waals surface area (Å²) >= 11 is 0. The molecule has 0 aromatic rings. The molecule has 15 heavy (non-hydrogen) atoms. The van der Waals surface area contributed by atoms with E-state index in [1.54, 1.807) is 0 Å². The van der Waals surface area contributed by atoms with Gasteiger partial charge in [-0.05, 0) is 19.4 Å². The van der Waals surface area contributed by atoms with E-state index in [4.69, 9.17) is 10.2 Å². The van der Waals surface area contributed by atoms with Crippen molar-refractivity contribution < 1.29 is 19.8 Å². The van der Waals surface area contributed by atoms with E-state index in [2.05, 4.69) is 10.6 Å². The monoisotopic (exact) mass is 216 g/mol. The number of hydrogen-bond donors (Lipinski definition) is 4. The van der Waals surface area contributed by atoms with E-state index in [1.165, 1.54) is 0 Å². The Morgan fingerprint density at radius 3 is 2.67 bits per heavy atom. The SMILES string of the molecule is O=C(O)[C@H](CO)NC(=O)[C@H]1CCCCN1. The van der Waals surface area contributed by atoms with Crippen LogP contribution in [0.2, 0.25) is 0 Å². The lowest BCUT2D eigenvalue weighted by molar-refractivity contribution is -0.143. The second-order valence-corrected chi connectivity index (χ2v) is 3.58. The van der Waals surface area contributed by atoms with E-state index in [-0.39, 0.29) is 11.9 Å². The Bertz CT molecular complexity index is 238. The molecule has 0 saturated carbocycles. The normalized spacial score (nSPS) is 23.1. The highest BCUT2D eigenvalue weighted by molar-refractivity contribution is 5.87. The van der Waals surface area contributed by atoms with Crippen molar-refractivity contribution in [3.05, 3.63) is 0 Å². The van der Waals surface area contributed by atoms with Crippen molar-refractivity contribution in [3.63, 3.8) is 0 Å². The standard InChI is InChI=1S/C9H16N2O4/c12-5-7(9(14)15)11-8(13)6-3-1-2-4-10-6/h6-7,10,12H,1-5H2,(H,11,13)(H,14,15)/t6-,7+/m1/s1. The molecule has 6 nitrogen and oxygen atoms in total. The first-order valence-corrected chi connectivity index (χ1v) is 5.02. The highest BCUT2D eigenvalue weighted by Gasteiger charge is 2.25. The van der Waals surface area contributed by atoms with Crippen molar-refractivity contribution in [1.29, 1.82) is 0 Å². The first-order chi connectivity index (χ1) is 7.15. The number of aliphatic hydroxyl groups excluding tert-OH is 1. The van der Waals surface area contributed by atoms with Gasteiger partial charge in [-0.15, -0.1) is 0 Å². The fraction of sp³-hybridized carbons (Fsp3) is 0.778. The van der Waals surface area contributed by atoms with Gasteiger partial charge in [-0.2, -0.15) is 0 Å². The van der Waals surface area contributed by atoms with Gasteiger partial charge >= 0.3 is 5.97 Å². The summed E-state index contributed by atoms with van der Waals surface area (Å²) in [6.07, 6.45) is 2.71. The molecule has 0 bridgehead atoms. The fourth-order valence-corrected chi connectivity index (χ4v) is 1.53. The molecule has 6 heteroatoms. The van der Waals surface area contributed by atoms with Crippen LogP contribution in [0, 0.1) is 0 Å². The molecule has 1 amide bonds. The zero-order valence-electron chi connectivity index (χ0n) is 8.40. The Morgan fingerprint density at radius 2 is 2.20 bits per heavy atom. The molecule has 0 unspecified atom stereocenters. The molecular weight excluding hydrogens is 200 g/mol. The average molecular weight is 216 g/mol. The Morgan fingerprint density at radius 1 is 1.47 bits per heavy atom. The van der Waals surface area contributed by atoms with Crippen molar-refractivity contribution >= 4 is 11.9 Å². The third-order valence-corrected chi connectivity index (χ3v) is 2.42. The molecule has 1 saturated heterocycles. The van der Waals surface area contributed by atoms with Gasteiger partial charge in [-0.1, -0.05) is 6.42 Å². The number of amides is 1. The van der Waals surface area contributed by atoms with E-state index in [0.717, 1.165) is 19.4 Å².